The maximum atomic E-state index is 11.3. The number of aryl methyl sites for hydroxylation is 2. The van der Waals surface area contributed by atoms with Gasteiger partial charge in [0.25, 0.3) is 35.4 Å². The lowest BCUT2D eigenvalue weighted by molar-refractivity contribution is 0.0523. The number of esters is 3. The summed E-state index contributed by atoms with van der Waals surface area (Å²) in [6.45, 7) is 52.1. The number of benzene rings is 5. The predicted molar refractivity (Wildman–Crippen MR) is 592 cm³/mol. The maximum absolute atomic E-state index is 11.3. The molecule has 11 aliphatic rings. The number of aromatic nitrogens is 6. The zero-order valence-corrected chi connectivity index (χ0v) is 91.6. The summed E-state index contributed by atoms with van der Waals surface area (Å²) in [5.74, 6) is -0.0431. The molecule has 0 fully saturated rings. The van der Waals surface area contributed by atoms with Crippen molar-refractivity contribution in [3.63, 3.8) is 0 Å². The molecule has 0 bridgehead atoms. The van der Waals surface area contributed by atoms with Gasteiger partial charge in [0.15, 0.2) is 17.3 Å². The van der Waals surface area contributed by atoms with Crippen LogP contribution in [0.3, 0.4) is 0 Å². The molecule has 15 heterocycles. The fourth-order valence-electron chi connectivity index (χ4n) is 13.1. The van der Waals surface area contributed by atoms with Crippen LogP contribution in [0.25, 0.3) is 0 Å². The van der Waals surface area contributed by atoms with Crippen LogP contribution in [0, 0.1) is 0 Å². The quantitative estimate of drug-likeness (QED) is 0.0606. The Kier molecular flexibility index (Phi) is 72.7. The second kappa shape index (κ2) is 81.8. The molecule has 147 heavy (non-hydrogen) atoms. The lowest BCUT2D eigenvalue weighted by Crippen LogP contribution is -2.32. The number of rotatable bonds is 0. The number of cyclic esters (lactones) is 3. The molecule has 0 saturated carbocycles. The van der Waals surface area contributed by atoms with Crippen LogP contribution in [-0.2, 0) is 85.8 Å². The first-order chi connectivity index (χ1) is 71.2. The highest BCUT2D eigenvalue weighted by molar-refractivity contribution is 6.02. The minimum absolute atomic E-state index is 0.000602. The molecule has 26 heteroatoms. The molecule has 26 nitrogen and oxygen atoms in total. The average Bonchev–Trinajstić information content (AvgIpc) is 1.39. The van der Waals surface area contributed by atoms with Crippen molar-refractivity contribution < 1.29 is 67.0 Å². The Morgan fingerprint density at radius 2 is 0.524 bits per heavy atom. The van der Waals surface area contributed by atoms with E-state index in [2.05, 4.69) is 214 Å². The third kappa shape index (κ3) is 50.3. The number of carbonyl (C=O) groups is 11. The number of pyridine rings is 6. The van der Waals surface area contributed by atoms with Gasteiger partial charge >= 0.3 is 17.9 Å². The Balaban J connectivity index is 0.000000785. The molecule has 5 aromatic carbocycles. The second-order valence-electron chi connectivity index (χ2n) is 34.2. The van der Waals surface area contributed by atoms with Gasteiger partial charge in [-0.3, -0.25) is 63.3 Å². The number of fused-ring (bicyclic) bond motifs is 11. The largest absolute Gasteiger partial charge is 0.457 e. The molecule has 0 unspecified atom stereocenters. The van der Waals surface area contributed by atoms with Crippen molar-refractivity contribution in [3.8, 4) is 0 Å². The fraction of sp³-hybridized carbons (Fsp3) is 0.413. The van der Waals surface area contributed by atoms with Gasteiger partial charge in [-0.15, -0.1) is 0 Å². The first-order valence-electron chi connectivity index (χ1n) is 52.5. The summed E-state index contributed by atoms with van der Waals surface area (Å²) in [7, 11) is 0. The molecule has 2 aliphatic carbocycles. The molecular weight excluding hydrogens is 1850 g/mol. The molecule has 0 spiro atoms. The van der Waals surface area contributed by atoms with E-state index in [9.17, 15) is 52.7 Å². The summed E-state index contributed by atoms with van der Waals surface area (Å²) >= 11 is 0. The van der Waals surface area contributed by atoms with Gasteiger partial charge in [0.05, 0.1) is 39.2 Å². The zero-order chi connectivity index (χ0) is 109. The Hall–Kier alpha value is -14.4. The number of ether oxygens (including phenoxy) is 3. The molecule has 22 rings (SSSR count). The van der Waals surface area contributed by atoms with Gasteiger partial charge in [-0.2, -0.15) is 0 Å². The normalized spacial score (nSPS) is 13.0. The van der Waals surface area contributed by atoms with E-state index in [1.165, 1.54) is 81.8 Å². The lowest BCUT2D eigenvalue weighted by Gasteiger charge is -2.15. The van der Waals surface area contributed by atoms with Crippen LogP contribution in [0.15, 0.2) is 232 Å². The SMILES string of the molecule is CCC.CCC.CCC.CCC.CCC.CCC.CCC.CCC.CCC.CCC.CCC.O=C1CCCc2ccccc21.O=C1CCc2ccccc21.O=C1NCCc2ccccc21.O=C1NCCc2ccncc21.O=C1NCCc2ncccc21.O=C1NCc2ccccc21.O=C1NCc2ccncc21.O=C1NCc2cnccc21.O=C1OCc2ccccc21.O=C1OCc2cccnc21.O=C1OCc2ncccc21. The van der Waals surface area contributed by atoms with E-state index < -0.39 is 0 Å². The topological polar surface area (TPSA) is 365 Å². The van der Waals surface area contributed by atoms with Gasteiger partial charge in [-0.05, 0) is 132 Å². The smallest absolute Gasteiger partial charge is 0.357 e. The third-order valence-corrected chi connectivity index (χ3v) is 19.0. The van der Waals surface area contributed by atoms with Crippen LogP contribution < -0.4 is 31.9 Å². The zero-order valence-electron chi connectivity index (χ0n) is 91.6. The van der Waals surface area contributed by atoms with Crippen LogP contribution in [0.4, 0.5) is 0 Å². The number of hydrogen-bond donors (Lipinski definition) is 6. The molecule has 794 valence electrons. The summed E-state index contributed by atoms with van der Waals surface area (Å²) < 4.78 is 14.2. The van der Waals surface area contributed by atoms with E-state index in [4.69, 9.17) is 14.2 Å². The van der Waals surface area contributed by atoms with Crippen molar-refractivity contribution in [2.75, 3.05) is 19.6 Å². The van der Waals surface area contributed by atoms with Crippen LogP contribution in [-0.4, -0.2) is 114 Å². The van der Waals surface area contributed by atoms with Gasteiger partial charge in [-0.1, -0.05) is 332 Å². The van der Waals surface area contributed by atoms with Crippen molar-refractivity contribution in [2.45, 2.75) is 314 Å². The van der Waals surface area contributed by atoms with Gasteiger partial charge < -0.3 is 46.1 Å². The van der Waals surface area contributed by atoms with Crippen molar-refractivity contribution in [1.29, 1.82) is 0 Å². The van der Waals surface area contributed by atoms with E-state index in [1.807, 2.05) is 133 Å². The Morgan fingerprint density at radius 3 is 0.980 bits per heavy atom. The maximum Gasteiger partial charge on any atom is 0.357 e. The van der Waals surface area contributed by atoms with E-state index in [0.29, 0.717) is 86.4 Å². The van der Waals surface area contributed by atoms with Gasteiger partial charge in [0.1, 0.15) is 19.8 Å². The third-order valence-electron chi connectivity index (χ3n) is 19.0. The van der Waals surface area contributed by atoms with E-state index in [0.717, 1.165) is 147 Å². The molecule has 6 amide bonds. The van der Waals surface area contributed by atoms with Gasteiger partial charge in [0, 0.05) is 159 Å². The van der Waals surface area contributed by atoms with Crippen molar-refractivity contribution in [1.82, 2.24) is 61.8 Å². The monoisotopic (exact) mass is 2010 g/mol. The summed E-state index contributed by atoms with van der Waals surface area (Å²) in [6.07, 6.45) is 35.9. The molecule has 0 radical (unpaired) electrons. The summed E-state index contributed by atoms with van der Waals surface area (Å²) in [6, 6.07) is 54.7. The van der Waals surface area contributed by atoms with Crippen molar-refractivity contribution in [3.05, 3.63) is 354 Å². The molecule has 0 atom stereocenters. The van der Waals surface area contributed by atoms with E-state index >= 15 is 0 Å². The first-order valence-corrected chi connectivity index (χ1v) is 52.5. The van der Waals surface area contributed by atoms with Crippen LogP contribution >= 0.6 is 0 Å². The molecule has 9 aliphatic heterocycles. The van der Waals surface area contributed by atoms with E-state index in [1.54, 1.807) is 98.2 Å². The standard InChI is InChI=1S/C10H10O.C9H9NO.C9H8O.2C8H8N2O.C8H7NO.C8H6O2.2C7H6N2O.2C7H5NO2.11C3H8/c11-10-7-3-5-8-4-1-2-6-9(8)10;11-9-8-4-2-1-3-7(8)5-6-10-9;10-9-6-5-7-3-1-2-4-8(7)9;11-8-7-5-9-3-1-6(7)2-4-10-8;11-8-6-2-1-4-9-7(6)3-5-10-8;10-8-7-4-2-1-3-6(7)5-9-8;9-8-7-4-2-1-3-6(7)5-10-8;10-7-6-1-2-8-3-5(6)4-9-7;10-7-6-4-8-2-1-5(6)3-9-7;9-7-5-2-1-3-8-6(5)4-10-7;9-7-6-5(4-10-7)2-1-3-8-6;11*1-3-2/h1-2,4,6H,3,5,7H2;1-4H,5-6H2,(H,10,11);1-4H,5-6H2;1,3,5H,2,4H2,(H,10,11);1-2,4H,3,5H2,(H,10,11);1-4H,5H2,(H,9,10);1-4H,5H2;1-3H,4H2,(H,9,10);1-2,4H,3H2,(H,9,10);2*1-3H,4H2;11*3H2,1-2H3. The highest BCUT2D eigenvalue weighted by Crippen LogP contribution is 2.25. The minimum Gasteiger partial charge on any atom is -0.457 e. The number of nitrogens with one attached hydrogen (secondary N) is 6. The average molecular weight is 2010 g/mol. The van der Waals surface area contributed by atoms with Crippen molar-refractivity contribution >= 4 is 64.9 Å². The van der Waals surface area contributed by atoms with Gasteiger partial charge in [-0.25, -0.2) is 19.4 Å². The molecule has 6 aromatic heterocycles. The molecule has 6 N–H and O–H groups in total. The number of nitrogens with zero attached hydrogens (tertiary/aromatic N) is 6. The second-order valence-corrected chi connectivity index (χ2v) is 34.2. The van der Waals surface area contributed by atoms with Crippen LogP contribution in [0.1, 0.15) is 418 Å². The van der Waals surface area contributed by atoms with Crippen molar-refractivity contribution in [2.24, 2.45) is 0 Å². The predicted octanol–water partition coefficient (Wildman–Crippen LogP) is 25.7. The fourth-order valence-corrected chi connectivity index (χ4v) is 13.1. The Labute approximate surface area is 876 Å². The van der Waals surface area contributed by atoms with Crippen LogP contribution in [0.2, 0.25) is 0 Å². The Morgan fingerprint density at radius 1 is 0.218 bits per heavy atom. The lowest BCUT2D eigenvalue weighted by atomic mass is 9.91. The Bertz CT molecular complexity index is 4800. The number of Topliss-reactive ketones (excluding diaryl/α,β-unsaturated/α-hetero) is 2. The van der Waals surface area contributed by atoms with Crippen LogP contribution in [0.5, 0.6) is 0 Å². The number of carbonyl (C=O) groups excluding carboxylic acids is 11. The first kappa shape index (κ1) is 131. The highest BCUT2D eigenvalue weighted by atomic mass is 16.5. The molecular formula is C121H166N12O14. The molecule has 0 saturated heterocycles. The number of ketones is 2. The number of amides is 6. The minimum atomic E-state index is -0.310. The number of hydrogen-bond acceptors (Lipinski definition) is 20. The summed E-state index contributed by atoms with van der Waals surface area (Å²) in [5.41, 5.74) is 19.6. The highest BCUT2D eigenvalue weighted by Gasteiger charge is 2.26. The summed E-state index contributed by atoms with van der Waals surface area (Å²) in [5, 5.41) is 16.5. The summed E-state index contributed by atoms with van der Waals surface area (Å²) in [4.78, 5) is 145. The molecule has 11 aromatic rings. The van der Waals surface area contributed by atoms with E-state index in [-0.39, 0.29) is 53.4 Å². The van der Waals surface area contributed by atoms with Gasteiger partial charge in [0.2, 0.25) is 0 Å².